The highest BCUT2D eigenvalue weighted by atomic mass is 35.5. The molecule has 0 atom stereocenters. The average molecular weight is 431 g/mol. The maximum atomic E-state index is 14.0. The Labute approximate surface area is 174 Å². The average Bonchev–Trinajstić information content (AvgIpc) is 3.20. The number of halogens is 3. The molecule has 148 valence electrons. The molecule has 0 saturated carbocycles. The maximum Gasteiger partial charge on any atom is 0.195 e. The summed E-state index contributed by atoms with van der Waals surface area (Å²) in [6.45, 7) is 18.3. The predicted octanol–water partition coefficient (Wildman–Crippen LogP) is 7.94. The van der Waals surface area contributed by atoms with Gasteiger partial charge in [0.25, 0.3) is 0 Å². The van der Waals surface area contributed by atoms with E-state index in [9.17, 15) is 8.78 Å². The molecule has 0 N–H and O–H groups in total. The quantitative estimate of drug-likeness (QED) is 0.200. The second-order valence-electron chi connectivity index (χ2n) is 4.87. The van der Waals surface area contributed by atoms with Crippen molar-refractivity contribution < 1.29 is 8.78 Å². The molecule has 0 radical (unpaired) electrons. The number of hydrogen-bond donors (Lipinski definition) is 0. The van der Waals surface area contributed by atoms with Crippen molar-refractivity contribution in [3.63, 3.8) is 0 Å². The Morgan fingerprint density at radius 1 is 1.26 bits per heavy atom. The van der Waals surface area contributed by atoms with Crippen LogP contribution in [0, 0.1) is 11.6 Å². The van der Waals surface area contributed by atoms with Crippen LogP contribution in [0.5, 0.6) is 0 Å². The van der Waals surface area contributed by atoms with Gasteiger partial charge in [0, 0.05) is 17.6 Å². The van der Waals surface area contributed by atoms with Crippen LogP contribution in [0.2, 0.25) is 5.02 Å². The van der Waals surface area contributed by atoms with Crippen molar-refractivity contribution in [2.24, 2.45) is 0 Å². The lowest BCUT2D eigenvalue weighted by Crippen LogP contribution is -2.18. The zero-order valence-corrected chi connectivity index (χ0v) is 18.4. The van der Waals surface area contributed by atoms with Crippen molar-refractivity contribution in [1.29, 1.82) is 0 Å². The number of anilines is 1. The number of thiazole rings is 1. The van der Waals surface area contributed by atoms with E-state index in [1.807, 2.05) is 37.4 Å². The van der Waals surface area contributed by atoms with E-state index >= 15 is 0 Å². The van der Waals surface area contributed by atoms with Crippen molar-refractivity contribution in [2.45, 2.75) is 32.6 Å². The van der Waals surface area contributed by atoms with Crippen LogP contribution in [0.15, 0.2) is 65.6 Å². The first-order chi connectivity index (χ1) is 12.9. The number of allylic oxidation sites excluding steroid dienone is 1. The van der Waals surface area contributed by atoms with Crippen molar-refractivity contribution >= 4 is 40.0 Å². The zero-order chi connectivity index (χ0) is 21.0. The first-order valence-corrected chi connectivity index (χ1v) is 10.2. The highest BCUT2D eigenvalue weighted by Gasteiger charge is 2.17. The predicted molar refractivity (Wildman–Crippen MR) is 118 cm³/mol. The molecule has 1 heterocycles. The SMILES string of the molecule is C=C.C=CC(CN(Sc1cc(Cl)c(F)cc1F)c1nccs1)=C(C)C.CC. The minimum Gasteiger partial charge on any atom is -0.283 e. The molecule has 27 heavy (non-hydrogen) atoms. The van der Waals surface area contributed by atoms with Gasteiger partial charge in [-0.2, -0.15) is 0 Å². The summed E-state index contributed by atoms with van der Waals surface area (Å²) in [5, 5.41) is 2.45. The Kier molecular flexibility index (Phi) is 12.7. The summed E-state index contributed by atoms with van der Waals surface area (Å²) < 4.78 is 29.2. The van der Waals surface area contributed by atoms with Gasteiger partial charge in [-0.15, -0.1) is 24.5 Å². The minimum absolute atomic E-state index is 0.112. The fraction of sp³-hybridized carbons (Fsp3) is 0.250. The van der Waals surface area contributed by atoms with Crippen LogP contribution >= 0.6 is 34.9 Å². The molecule has 0 bridgehead atoms. The van der Waals surface area contributed by atoms with E-state index in [-0.39, 0.29) is 9.92 Å². The molecule has 0 aliphatic carbocycles. The van der Waals surface area contributed by atoms with Crippen LogP contribution in [0.25, 0.3) is 0 Å². The van der Waals surface area contributed by atoms with Gasteiger partial charge in [0.1, 0.15) is 11.6 Å². The van der Waals surface area contributed by atoms with E-state index in [0.29, 0.717) is 6.54 Å². The second kappa shape index (κ2) is 13.5. The van der Waals surface area contributed by atoms with Crippen LogP contribution in [-0.4, -0.2) is 11.5 Å². The van der Waals surface area contributed by atoms with E-state index in [1.165, 1.54) is 17.4 Å². The number of rotatable bonds is 6. The molecule has 2 nitrogen and oxygen atoms in total. The van der Waals surface area contributed by atoms with E-state index in [4.69, 9.17) is 11.6 Å². The van der Waals surface area contributed by atoms with Gasteiger partial charge >= 0.3 is 0 Å². The molecule has 1 aromatic heterocycles. The van der Waals surface area contributed by atoms with Crippen LogP contribution in [0.1, 0.15) is 27.7 Å². The summed E-state index contributed by atoms with van der Waals surface area (Å²) >= 11 is 8.33. The van der Waals surface area contributed by atoms with Gasteiger partial charge in [0.15, 0.2) is 5.13 Å². The third-order valence-corrected chi connectivity index (χ3v) is 5.25. The summed E-state index contributed by atoms with van der Waals surface area (Å²) in [5.74, 6) is -1.43. The van der Waals surface area contributed by atoms with Gasteiger partial charge in [0.05, 0.1) is 16.5 Å². The van der Waals surface area contributed by atoms with Gasteiger partial charge in [-0.25, -0.2) is 13.8 Å². The van der Waals surface area contributed by atoms with Crippen molar-refractivity contribution in [3.05, 3.63) is 77.3 Å². The lowest BCUT2D eigenvalue weighted by atomic mass is 10.1. The van der Waals surface area contributed by atoms with Crippen LogP contribution in [0.3, 0.4) is 0 Å². The Balaban J connectivity index is 0.00000158. The second-order valence-corrected chi connectivity index (χ2v) is 7.21. The zero-order valence-electron chi connectivity index (χ0n) is 16.1. The normalized spacial score (nSPS) is 9.30. The lowest BCUT2D eigenvalue weighted by Gasteiger charge is -2.22. The van der Waals surface area contributed by atoms with Gasteiger partial charge in [0.2, 0.25) is 0 Å². The summed E-state index contributed by atoms with van der Waals surface area (Å²) in [6.07, 6.45) is 3.45. The fourth-order valence-electron chi connectivity index (χ4n) is 1.75. The van der Waals surface area contributed by atoms with Crippen LogP contribution in [-0.2, 0) is 0 Å². The van der Waals surface area contributed by atoms with Crippen LogP contribution in [0.4, 0.5) is 13.9 Å². The van der Waals surface area contributed by atoms with Crippen molar-refractivity contribution in [2.75, 3.05) is 10.8 Å². The van der Waals surface area contributed by atoms with Gasteiger partial charge in [-0.05, 0) is 37.4 Å². The Bertz CT molecular complexity index is 743. The summed E-state index contributed by atoms with van der Waals surface area (Å²) in [6, 6.07) is 2.08. The Hall–Kier alpha value is -1.63. The van der Waals surface area contributed by atoms with Gasteiger partial charge in [-0.3, -0.25) is 4.31 Å². The highest BCUT2D eigenvalue weighted by molar-refractivity contribution is 8.00. The van der Waals surface area contributed by atoms with Gasteiger partial charge < -0.3 is 0 Å². The van der Waals surface area contributed by atoms with E-state index in [1.54, 1.807) is 12.3 Å². The number of benzene rings is 1. The largest absolute Gasteiger partial charge is 0.283 e. The van der Waals surface area contributed by atoms with Crippen molar-refractivity contribution in [1.82, 2.24) is 4.98 Å². The summed E-state index contributed by atoms with van der Waals surface area (Å²) in [4.78, 5) is 4.51. The number of aromatic nitrogens is 1. The topological polar surface area (TPSA) is 16.1 Å². The van der Waals surface area contributed by atoms with E-state index in [0.717, 1.165) is 34.3 Å². The summed E-state index contributed by atoms with van der Waals surface area (Å²) in [7, 11) is 0. The molecule has 7 heteroatoms. The number of hydrogen-bond acceptors (Lipinski definition) is 4. The third kappa shape index (κ3) is 7.87. The lowest BCUT2D eigenvalue weighted by molar-refractivity contribution is 0.566. The number of nitrogens with zero attached hydrogens (tertiary/aromatic N) is 2. The molecule has 0 unspecified atom stereocenters. The minimum atomic E-state index is -0.773. The molecule has 0 fully saturated rings. The Morgan fingerprint density at radius 3 is 2.37 bits per heavy atom. The molecule has 2 aromatic rings. The first kappa shape index (κ1) is 25.4. The monoisotopic (exact) mass is 430 g/mol. The summed E-state index contributed by atoms with van der Waals surface area (Å²) in [5.41, 5.74) is 2.13. The molecule has 0 spiro atoms. The van der Waals surface area contributed by atoms with Gasteiger partial charge in [-0.1, -0.05) is 43.7 Å². The molecule has 0 amide bonds. The molecule has 0 aliphatic rings. The third-order valence-electron chi connectivity index (χ3n) is 3.02. The van der Waals surface area contributed by atoms with Crippen LogP contribution < -0.4 is 4.31 Å². The maximum absolute atomic E-state index is 14.0. The molecule has 1 aromatic carbocycles. The van der Waals surface area contributed by atoms with E-state index in [2.05, 4.69) is 24.7 Å². The molecular weight excluding hydrogens is 406 g/mol. The van der Waals surface area contributed by atoms with Crippen molar-refractivity contribution in [3.8, 4) is 0 Å². The smallest absolute Gasteiger partial charge is 0.195 e. The Morgan fingerprint density at radius 2 is 1.89 bits per heavy atom. The highest BCUT2D eigenvalue weighted by Crippen LogP contribution is 2.35. The standard InChI is InChI=1S/C16H15ClF2N2S2.C2H6.C2H4/c1-4-11(10(2)3)9-21(16-20-5-6-22-16)23-15-7-12(17)13(18)8-14(15)19;2*1-2/h4-8H,1,9H2,2-3H3;1-2H3;1-2H2. The fourth-order valence-corrected chi connectivity index (χ4v) is 3.65. The molecular formula is C20H25ClF2N2S2. The molecule has 0 saturated heterocycles. The molecule has 2 rings (SSSR count). The van der Waals surface area contributed by atoms with E-state index < -0.39 is 11.6 Å². The molecule has 0 aliphatic heterocycles. The first-order valence-electron chi connectivity index (χ1n) is 8.20.